The predicted molar refractivity (Wildman–Crippen MR) is 92.0 cm³/mol. The Balaban J connectivity index is 1.70. The zero-order valence-corrected chi connectivity index (χ0v) is 15.1. The Morgan fingerprint density at radius 1 is 1.00 bits per heavy atom. The molecule has 0 aromatic heterocycles. The third-order valence-corrected chi connectivity index (χ3v) is 6.06. The maximum absolute atomic E-state index is 14.4. The molecule has 2 nitrogen and oxygen atoms in total. The lowest BCUT2D eigenvalue weighted by Crippen LogP contribution is -2.37. The fourth-order valence-corrected chi connectivity index (χ4v) is 4.30. The first-order chi connectivity index (χ1) is 11.1. The van der Waals surface area contributed by atoms with E-state index in [2.05, 4.69) is 13.8 Å². The van der Waals surface area contributed by atoms with Crippen LogP contribution < -0.4 is 0 Å². The van der Waals surface area contributed by atoms with Crippen LogP contribution in [0.1, 0.15) is 90.9 Å². The van der Waals surface area contributed by atoms with E-state index in [0.29, 0.717) is 18.8 Å². The van der Waals surface area contributed by atoms with Gasteiger partial charge >= 0.3 is 5.97 Å². The zero-order chi connectivity index (χ0) is 16.7. The van der Waals surface area contributed by atoms with Crippen molar-refractivity contribution in [3.63, 3.8) is 0 Å². The Hall–Kier alpha value is -0.600. The summed E-state index contributed by atoms with van der Waals surface area (Å²) in [5.41, 5.74) is 0. The topological polar surface area (TPSA) is 26.3 Å². The van der Waals surface area contributed by atoms with Crippen molar-refractivity contribution in [1.29, 1.82) is 0 Å². The Morgan fingerprint density at radius 2 is 1.70 bits per heavy atom. The van der Waals surface area contributed by atoms with E-state index in [1.165, 1.54) is 25.7 Å². The largest absolute Gasteiger partial charge is 0.459 e. The van der Waals surface area contributed by atoms with Gasteiger partial charge in [0.1, 0.15) is 12.3 Å². The molecule has 0 saturated heterocycles. The Bertz CT molecular complexity index is 350. The fraction of sp³-hybridized carbons (Fsp3) is 0.950. The number of esters is 1. The lowest BCUT2D eigenvalue weighted by atomic mass is 9.80. The van der Waals surface area contributed by atoms with Gasteiger partial charge in [0, 0.05) is 0 Å². The Kier molecular flexibility index (Phi) is 7.85. The lowest BCUT2D eigenvalue weighted by Gasteiger charge is -2.33. The Labute approximate surface area is 141 Å². The van der Waals surface area contributed by atoms with Crippen LogP contribution in [0.4, 0.5) is 4.39 Å². The standard InChI is InChI=1S/C20H35FO2/c1-3-5-6-7-16-10-13-19(18(21)14-16)23-20(22)17-11-8-15(4-2)9-12-17/h15-19H,3-14H2,1-2H3. The molecule has 0 amide bonds. The fourth-order valence-electron chi connectivity index (χ4n) is 4.30. The summed E-state index contributed by atoms with van der Waals surface area (Å²) in [6.07, 6.45) is 11.0. The predicted octanol–water partition coefficient (Wildman–Crippen LogP) is 5.83. The molecule has 3 atom stereocenters. The van der Waals surface area contributed by atoms with Crippen LogP contribution in [0.3, 0.4) is 0 Å². The number of ether oxygens (including phenoxy) is 1. The highest BCUT2D eigenvalue weighted by molar-refractivity contribution is 5.72. The number of hydrogen-bond donors (Lipinski definition) is 0. The number of rotatable bonds is 7. The monoisotopic (exact) mass is 326 g/mol. The summed E-state index contributed by atoms with van der Waals surface area (Å²) < 4.78 is 19.9. The number of halogens is 1. The van der Waals surface area contributed by atoms with Crippen molar-refractivity contribution in [3.8, 4) is 0 Å². The first-order valence-electron chi connectivity index (χ1n) is 9.98. The van der Waals surface area contributed by atoms with Gasteiger partial charge in [-0.1, -0.05) is 46.0 Å². The third kappa shape index (κ3) is 5.76. The zero-order valence-electron chi connectivity index (χ0n) is 15.1. The highest BCUT2D eigenvalue weighted by Crippen LogP contribution is 2.35. The summed E-state index contributed by atoms with van der Waals surface area (Å²) in [5, 5.41) is 0. The molecule has 2 aliphatic rings. The lowest BCUT2D eigenvalue weighted by molar-refractivity contribution is -0.161. The van der Waals surface area contributed by atoms with Gasteiger partial charge in [0.05, 0.1) is 5.92 Å². The average molecular weight is 326 g/mol. The van der Waals surface area contributed by atoms with Crippen LogP contribution in [0, 0.1) is 17.8 Å². The van der Waals surface area contributed by atoms with Crippen LogP contribution in [0.15, 0.2) is 0 Å². The summed E-state index contributed by atoms with van der Waals surface area (Å²) in [7, 11) is 0. The molecule has 0 spiro atoms. The van der Waals surface area contributed by atoms with Gasteiger partial charge in [-0.3, -0.25) is 4.79 Å². The number of carbonyl (C=O) groups excluding carboxylic acids is 1. The minimum absolute atomic E-state index is 0.0206. The van der Waals surface area contributed by atoms with Crippen LogP contribution >= 0.6 is 0 Å². The third-order valence-electron chi connectivity index (χ3n) is 6.06. The summed E-state index contributed by atoms with van der Waals surface area (Å²) in [4.78, 5) is 12.3. The van der Waals surface area contributed by atoms with Gasteiger partial charge in [0.2, 0.25) is 0 Å². The molecular formula is C20H35FO2. The number of carbonyl (C=O) groups is 1. The summed E-state index contributed by atoms with van der Waals surface area (Å²) in [6.45, 7) is 4.41. The van der Waals surface area contributed by atoms with Crippen molar-refractivity contribution in [2.24, 2.45) is 17.8 Å². The van der Waals surface area contributed by atoms with Crippen molar-refractivity contribution in [2.75, 3.05) is 0 Å². The highest BCUT2D eigenvalue weighted by Gasteiger charge is 2.35. The van der Waals surface area contributed by atoms with Gasteiger partial charge < -0.3 is 4.74 Å². The first kappa shape index (κ1) is 18.7. The molecule has 2 aliphatic carbocycles. The maximum atomic E-state index is 14.4. The molecule has 0 aromatic rings. The molecule has 2 saturated carbocycles. The number of hydrogen-bond acceptors (Lipinski definition) is 2. The van der Waals surface area contributed by atoms with Gasteiger partial charge in [-0.2, -0.15) is 0 Å². The van der Waals surface area contributed by atoms with Gasteiger partial charge in [-0.15, -0.1) is 0 Å². The van der Waals surface area contributed by atoms with E-state index in [-0.39, 0.29) is 11.9 Å². The maximum Gasteiger partial charge on any atom is 0.309 e. The van der Waals surface area contributed by atoms with Crippen molar-refractivity contribution in [1.82, 2.24) is 0 Å². The van der Waals surface area contributed by atoms with Crippen molar-refractivity contribution < 1.29 is 13.9 Å². The van der Waals surface area contributed by atoms with E-state index < -0.39 is 12.3 Å². The van der Waals surface area contributed by atoms with E-state index in [1.54, 1.807) is 0 Å². The molecule has 2 rings (SSSR count). The van der Waals surface area contributed by atoms with Gasteiger partial charge in [-0.05, 0) is 56.8 Å². The van der Waals surface area contributed by atoms with Gasteiger partial charge in [0.15, 0.2) is 0 Å². The second kappa shape index (κ2) is 9.64. The minimum Gasteiger partial charge on any atom is -0.459 e. The van der Waals surface area contributed by atoms with Crippen LogP contribution in [0.5, 0.6) is 0 Å². The second-order valence-corrected chi connectivity index (χ2v) is 7.79. The van der Waals surface area contributed by atoms with Crippen molar-refractivity contribution >= 4 is 5.97 Å². The molecule has 0 radical (unpaired) electrons. The Morgan fingerprint density at radius 3 is 2.30 bits per heavy atom. The first-order valence-corrected chi connectivity index (χ1v) is 9.98. The highest BCUT2D eigenvalue weighted by atomic mass is 19.1. The van der Waals surface area contributed by atoms with E-state index in [4.69, 9.17) is 4.74 Å². The van der Waals surface area contributed by atoms with Gasteiger partial charge in [-0.25, -0.2) is 4.39 Å². The molecule has 23 heavy (non-hydrogen) atoms. The molecular weight excluding hydrogens is 291 g/mol. The molecule has 2 fully saturated rings. The molecule has 0 N–H and O–H groups in total. The van der Waals surface area contributed by atoms with E-state index >= 15 is 0 Å². The summed E-state index contributed by atoms with van der Waals surface area (Å²) >= 11 is 0. The van der Waals surface area contributed by atoms with Crippen LogP contribution in [0.25, 0.3) is 0 Å². The molecule has 134 valence electrons. The van der Waals surface area contributed by atoms with Crippen LogP contribution in [0.2, 0.25) is 0 Å². The van der Waals surface area contributed by atoms with Crippen molar-refractivity contribution in [2.45, 2.75) is 103 Å². The minimum atomic E-state index is -0.952. The average Bonchev–Trinajstić information content (AvgIpc) is 2.57. The van der Waals surface area contributed by atoms with Gasteiger partial charge in [0.25, 0.3) is 0 Å². The molecule has 0 heterocycles. The normalized spacial score (nSPS) is 35.0. The van der Waals surface area contributed by atoms with Crippen molar-refractivity contribution in [3.05, 3.63) is 0 Å². The molecule has 0 bridgehead atoms. The number of alkyl halides is 1. The van der Waals surface area contributed by atoms with Crippen LogP contribution in [-0.2, 0) is 9.53 Å². The van der Waals surface area contributed by atoms with Crippen LogP contribution in [-0.4, -0.2) is 18.2 Å². The SMILES string of the molecule is CCCCCC1CCC(OC(=O)C2CCC(CC)CC2)C(F)C1. The summed E-state index contributed by atoms with van der Waals surface area (Å²) in [5.74, 6) is 1.15. The van der Waals surface area contributed by atoms with E-state index in [1.807, 2.05) is 0 Å². The molecule has 0 aliphatic heterocycles. The molecule has 3 unspecified atom stereocenters. The van der Waals surface area contributed by atoms with E-state index in [9.17, 15) is 9.18 Å². The molecule has 3 heteroatoms. The molecule has 0 aromatic carbocycles. The second-order valence-electron chi connectivity index (χ2n) is 7.79. The smallest absolute Gasteiger partial charge is 0.309 e. The quantitative estimate of drug-likeness (QED) is 0.434. The number of unbranched alkanes of at least 4 members (excludes halogenated alkanes) is 2. The summed E-state index contributed by atoms with van der Waals surface area (Å²) in [6, 6.07) is 0. The van der Waals surface area contributed by atoms with E-state index in [0.717, 1.165) is 44.4 Å².